The fourth-order valence-electron chi connectivity index (χ4n) is 2.51. The molecule has 0 atom stereocenters. The van der Waals surface area contributed by atoms with Gasteiger partial charge in [-0.1, -0.05) is 24.3 Å². The topological polar surface area (TPSA) is 114 Å². The Labute approximate surface area is 166 Å². The molecular formula is C21H17N3O5. The number of hydrogen-bond donors (Lipinski definition) is 2. The molecule has 0 aliphatic carbocycles. The van der Waals surface area contributed by atoms with Crippen LogP contribution in [0.25, 0.3) is 6.08 Å². The Balaban J connectivity index is 1.88. The van der Waals surface area contributed by atoms with Gasteiger partial charge in [-0.05, 0) is 36.8 Å². The number of aryl methyl sites for hydroxylation is 1. The molecular weight excluding hydrogens is 374 g/mol. The van der Waals surface area contributed by atoms with Gasteiger partial charge in [0.15, 0.2) is 0 Å². The third-order valence-electron chi connectivity index (χ3n) is 4.04. The molecule has 0 saturated heterocycles. The predicted octanol–water partition coefficient (Wildman–Crippen LogP) is 3.91. The summed E-state index contributed by atoms with van der Waals surface area (Å²) in [6.07, 6.45) is 2.81. The van der Waals surface area contributed by atoms with E-state index in [0.717, 1.165) is 0 Å². The number of nitro groups is 1. The third kappa shape index (κ3) is 4.95. The molecule has 2 N–H and O–H groups in total. The molecule has 8 nitrogen and oxygen atoms in total. The minimum atomic E-state index is -0.644. The number of nitro benzene ring substituents is 1. The van der Waals surface area contributed by atoms with Gasteiger partial charge in [-0.15, -0.1) is 0 Å². The molecule has 3 rings (SSSR count). The van der Waals surface area contributed by atoms with Gasteiger partial charge in [0, 0.05) is 23.8 Å². The minimum Gasteiger partial charge on any atom is -0.465 e. The molecule has 0 saturated carbocycles. The normalized spacial score (nSPS) is 11.0. The number of hydrogen-bond acceptors (Lipinski definition) is 5. The first-order valence-electron chi connectivity index (χ1n) is 8.62. The lowest BCUT2D eigenvalue weighted by atomic mass is 10.1. The molecule has 8 heteroatoms. The van der Waals surface area contributed by atoms with Gasteiger partial charge in [0.25, 0.3) is 17.5 Å². The summed E-state index contributed by atoms with van der Waals surface area (Å²) < 4.78 is 5.23. The van der Waals surface area contributed by atoms with E-state index < -0.39 is 16.7 Å². The Bertz CT molecular complexity index is 1070. The molecule has 0 bridgehead atoms. The fraction of sp³-hybridized carbons (Fsp3) is 0.0476. The van der Waals surface area contributed by atoms with Gasteiger partial charge in [0.1, 0.15) is 11.5 Å². The number of carbonyl (C=O) groups excluding carboxylic acids is 2. The zero-order valence-corrected chi connectivity index (χ0v) is 15.4. The largest absolute Gasteiger partial charge is 0.465 e. The van der Waals surface area contributed by atoms with Gasteiger partial charge in [-0.2, -0.15) is 0 Å². The second kappa shape index (κ2) is 8.66. The van der Waals surface area contributed by atoms with Gasteiger partial charge in [-0.3, -0.25) is 19.7 Å². The Morgan fingerprint density at radius 3 is 2.48 bits per heavy atom. The second-order valence-corrected chi connectivity index (χ2v) is 6.10. The molecule has 0 aliphatic rings. The van der Waals surface area contributed by atoms with Crippen LogP contribution in [0, 0.1) is 17.0 Å². The summed E-state index contributed by atoms with van der Waals surface area (Å²) in [4.78, 5) is 35.8. The average molecular weight is 391 g/mol. The van der Waals surface area contributed by atoms with Crippen LogP contribution >= 0.6 is 0 Å². The first-order chi connectivity index (χ1) is 13.9. The number of rotatable bonds is 6. The number of non-ortho nitro benzene ring substituents is 1. The van der Waals surface area contributed by atoms with E-state index in [4.69, 9.17) is 4.42 Å². The summed E-state index contributed by atoms with van der Waals surface area (Å²) in [6, 6.07) is 15.8. The number of carbonyl (C=O) groups is 2. The summed E-state index contributed by atoms with van der Waals surface area (Å²) in [6.45, 7) is 1.71. The molecule has 146 valence electrons. The number of benzene rings is 2. The van der Waals surface area contributed by atoms with Crippen molar-refractivity contribution in [3.05, 3.63) is 99.6 Å². The Morgan fingerprint density at radius 1 is 1.07 bits per heavy atom. The van der Waals surface area contributed by atoms with Crippen LogP contribution in [-0.4, -0.2) is 16.7 Å². The standard InChI is InChI=1S/C21H17N3O5/c1-14-9-10-16(24(27)28)12-18(14)22-21(26)19(13-17-8-5-11-29-17)23-20(25)15-6-3-2-4-7-15/h2-13H,1H3,(H,22,26)(H,23,25). The summed E-state index contributed by atoms with van der Waals surface area (Å²) >= 11 is 0. The van der Waals surface area contributed by atoms with Gasteiger partial charge in [0.05, 0.1) is 16.9 Å². The predicted molar refractivity (Wildman–Crippen MR) is 107 cm³/mol. The SMILES string of the molecule is Cc1ccc([N+](=O)[O-])cc1NC(=O)C(=Cc1ccco1)NC(=O)c1ccccc1. The van der Waals surface area contributed by atoms with Gasteiger partial charge < -0.3 is 15.1 Å². The number of furan rings is 1. The Hall–Kier alpha value is -4.20. The van der Waals surface area contributed by atoms with Crippen LogP contribution in [0.2, 0.25) is 0 Å². The second-order valence-electron chi connectivity index (χ2n) is 6.10. The molecule has 1 aromatic heterocycles. The van der Waals surface area contributed by atoms with Crippen LogP contribution in [0.4, 0.5) is 11.4 Å². The monoisotopic (exact) mass is 391 g/mol. The van der Waals surface area contributed by atoms with Crippen LogP contribution in [0.3, 0.4) is 0 Å². The van der Waals surface area contributed by atoms with Gasteiger partial charge in [0.2, 0.25) is 0 Å². The van der Waals surface area contributed by atoms with E-state index in [-0.39, 0.29) is 17.1 Å². The zero-order valence-electron chi connectivity index (χ0n) is 15.4. The maximum Gasteiger partial charge on any atom is 0.272 e. The number of anilines is 1. The van der Waals surface area contributed by atoms with Crippen molar-refractivity contribution >= 4 is 29.3 Å². The summed E-state index contributed by atoms with van der Waals surface area (Å²) in [5.41, 5.74) is 1.05. The molecule has 0 spiro atoms. The van der Waals surface area contributed by atoms with E-state index >= 15 is 0 Å². The van der Waals surface area contributed by atoms with Crippen molar-refractivity contribution in [2.24, 2.45) is 0 Å². The van der Waals surface area contributed by atoms with Gasteiger partial charge >= 0.3 is 0 Å². The van der Waals surface area contributed by atoms with Crippen LogP contribution in [0.5, 0.6) is 0 Å². The van der Waals surface area contributed by atoms with E-state index in [0.29, 0.717) is 16.9 Å². The molecule has 29 heavy (non-hydrogen) atoms. The van der Waals surface area contributed by atoms with Crippen molar-refractivity contribution in [2.45, 2.75) is 6.92 Å². The summed E-state index contributed by atoms with van der Waals surface area (Å²) in [5.74, 6) is -0.761. The maximum absolute atomic E-state index is 12.8. The van der Waals surface area contributed by atoms with E-state index in [9.17, 15) is 19.7 Å². The molecule has 1 heterocycles. The first-order valence-corrected chi connectivity index (χ1v) is 8.62. The summed E-state index contributed by atoms with van der Waals surface area (Å²) in [5, 5.41) is 16.2. The molecule has 0 radical (unpaired) electrons. The highest BCUT2D eigenvalue weighted by Crippen LogP contribution is 2.22. The quantitative estimate of drug-likeness (QED) is 0.376. The number of nitrogens with zero attached hydrogens (tertiary/aromatic N) is 1. The lowest BCUT2D eigenvalue weighted by Gasteiger charge is -2.12. The van der Waals surface area contributed by atoms with Crippen molar-refractivity contribution in [3.8, 4) is 0 Å². The van der Waals surface area contributed by atoms with Crippen LogP contribution in [-0.2, 0) is 4.79 Å². The minimum absolute atomic E-state index is 0.0697. The average Bonchev–Trinajstić information content (AvgIpc) is 3.22. The van der Waals surface area contributed by atoms with Crippen molar-refractivity contribution in [2.75, 3.05) is 5.32 Å². The van der Waals surface area contributed by atoms with E-state index in [1.165, 1.54) is 30.5 Å². The van der Waals surface area contributed by atoms with E-state index in [1.807, 2.05) is 0 Å². The van der Waals surface area contributed by atoms with Crippen LogP contribution in [0.15, 0.2) is 77.0 Å². The molecule has 0 aliphatic heterocycles. The highest BCUT2D eigenvalue weighted by Gasteiger charge is 2.17. The molecule has 0 unspecified atom stereocenters. The van der Waals surface area contributed by atoms with Crippen LogP contribution in [0.1, 0.15) is 21.7 Å². The molecule has 3 aromatic rings. The van der Waals surface area contributed by atoms with Crippen molar-refractivity contribution in [3.63, 3.8) is 0 Å². The van der Waals surface area contributed by atoms with Crippen molar-refractivity contribution < 1.29 is 18.9 Å². The van der Waals surface area contributed by atoms with E-state index in [2.05, 4.69) is 10.6 Å². The zero-order chi connectivity index (χ0) is 20.8. The Morgan fingerprint density at radius 2 is 1.83 bits per heavy atom. The maximum atomic E-state index is 12.8. The first kappa shape index (κ1) is 19.6. The van der Waals surface area contributed by atoms with Crippen molar-refractivity contribution in [1.29, 1.82) is 0 Å². The summed E-state index contributed by atoms with van der Waals surface area (Å²) in [7, 11) is 0. The fourth-order valence-corrected chi connectivity index (χ4v) is 2.51. The lowest BCUT2D eigenvalue weighted by Crippen LogP contribution is -2.30. The molecule has 0 fully saturated rings. The van der Waals surface area contributed by atoms with Gasteiger partial charge in [-0.25, -0.2) is 0 Å². The Kier molecular flexibility index (Phi) is 5.84. The smallest absolute Gasteiger partial charge is 0.272 e. The third-order valence-corrected chi connectivity index (χ3v) is 4.04. The van der Waals surface area contributed by atoms with E-state index in [1.54, 1.807) is 49.4 Å². The highest BCUT2D eigenvalue weighted by molar-refractivity contribution is 6.10. The lowest BCUT2D eigenvalue weighted by molar-refractivity contribution is -0.384. The number of nitrogens with one attached hydrogen (secondary N) is 2. The number of amides is 2. The van der Waals surface area contributed by atoms with Crippen molar-refractivity contribution in [1.82, 2.24) is 5.32 Å². The van der Waals surface area contributed by atoms with Crippen LogP contribution < -0.4 is 10.6 Å². The molecule has 2 aromatic carbocycles. The molecule has 2 amide bonds. The highest BCUT2D eigenvalue weighted by atomic mass is 16.6.